The van der Waals surface area contributed by atoms with Gasteiger partial charge in [-0.05, 0) is 43.7 Å². The zero-order valence-corrected chi connectivity index (χ0v) is 16.2. The number of nitrogens with zero attached hydrogens (tertiary/aromatic N) is 3. The fraction of sp³-hybridized carbons (Fsp3) is 0.667. The molecule has 1 aromatic carbocycles. The molecule has 3 rings (SSSR count). The maximum Gasteiger partial charge on any atom is 0.293 e. The van der Waals surface area contributed by atoms with E-state index in [0.717, 1.165) is 38.5 Å². The molecule has 2 aliphatic rings. The third-order valence-electron chi connectivity index (χ3n) is 5.46. The average molecular weight is 397 g/mol. The number of nitro benzene ring substituents is 1. The van der Waals surface area contributed by atoms with Gasteiger partial charge in [-0.2, -0.15) is 4.31 Å². The van der Waals surface area contributed by atoms with Crippen molar-refractivity contribution < 1.29 is 18.4 Å². The highest BCUT2D eigenvalue weighted by atomic mass is 32.2. The van der Waals surface area contributed by atoms with Gasteiger partial charge in [-0.3, -0.25) is 10.1 Å². The highest BCUT2D eigenvalue weighted by Crippen LogP contribution is 2.34. The van der Waals surface area contributed by atoms with Crippen molar-refractivity contribution in [2.45, 2.75) is 43.4 Å². The summed E-state index contributed by atoms with van der Waals surface area (Å²) < 4.78 is 27.4. The first-order chi connectivity index (χ1) is 12.9. The number of anilines is 1. The fourth-order valence-electron chi connectivity index (χ4n) is 3.94. The Bertz CT molecular complexity index is 775. The predicted octanol–water partition coefficient (Wildman–Crippen LogP) is 2.37. The molecule has 0 radical (unpaired) electrons. The zero-order valence-electron chi connectivity index (χ0n) is 15.4. The minimum absolute atomic E-state index is 0.0180. The van der Waals surface area contributed by atoms with Crippen LogP contribution in [0.4, 0.5) is 11.4 Å². The van der Waals surface area contributed by atoms with Crippen molar-refractivity contribution in [3.8, 4) is 0 Å². The summed E-state index contributed by atoms with van der Waals surface area (Å²) in [4.78, 5) is 13.0. The lowest BCUT2D eigenvalue weighted by atomic mass is 9.98. The highest BCUT2D eigenvalue weighted by molar-refractivity contribution is 7.89. The van der Waals surface area contributed by atoms with Gasteiger partial charge in [0.2, 0.25) is 10.0 Å². The standard InChI is InChI=1S/C18H27N3O5S/c22-14-15-6-5-9-19(13-15)17-8-7-16(12-18(17)21(23)24)27(25,26)20-10-3-1-2-4-11-20/h7-8,12,15,22H,1-6,9-11,13-14H2. The van der Waals surface area contributed by atoms with Crippen LogP contribution >= 0.6 is 0 Å². The van der Waals surface area contributed by atoms with Gasteiger partial charge in [-0.25, -0.2) is 8.42 Å². The largest absolute Gasteiger partial charge is 0.396 e. The summed E-state index contributed by atoms with van der Waals surface area (Å²) in [6.07, 6.45) is 5.38. The maximum absolute atomic E-state index is 13.0. The van der Waals surface area contributed by atoms with E-state index in [1.165, 1.54) is 16.4 Å². The van der Waals surface area contributed by atoms with Gasteiger partial charge in [0.05, 0.1) is 9.82 Å². The monoisotopic (exact) mass is 397 g/mol. The molecule has 1 aromatic rings. The lowest BCUT2D eigenvalue weighted by Gasteiger charge is -2.33. The van der Waals surface area contributed by atoms with E-state index in [2.05, 4.69) is 0 Å². The van der Waals surface area contributed by atoms with Crippen molar-refractivity contribution in [1.82, 2.24) is 4.31 Å². The van der Waals surface area contributed by atoms with Crippen LogP contribution in [-0.2, 0) is 10.0 Å². The fourth-order valence-corrected chi connectivity index (χ4v) is 5.48. The van der Waals surface area contributed by atoms with Crippen molar-refractivity contribution in [2.75, 3.05) is 37.7 Å². The molecule has 2 heterocycles. The van der Waals surface area contributed by atoms with Crippen LogP contribution in [0.1, 0.15) is 38.5 Å². The molecule has 1 unspecified atom stereocenters. The van der Waals surface area contributed by atoms with Gasteiger partial charge in [0.1, 0.15) is 5.69 Å². The summed E-state index contributed by atoms with van der Waals surface area (Å²) in [7, 11) is -3.73. The van der Waals surface area contributed by atoms with E-state index in [1.807, 2.05) is 4.90 Å². The predicted molar refractivity (Wildman–Crippen MR) is 102 cm³/mol. The molecule has 8 nitrogen and oxygen atoms in total. The van der Waals surface area contributed by atoms with Crippen LogP contribution in [0.25, 0.3) is 0 Å². The lowest BCUT2D eigenvalue weighted by Crippen LogP contribution is -2.37. The first-order valence-electron chi connectivity index (χ1n) is 9.58. The van der Waals surface area contributed by atoms with Crippen LogP contribution in [-0.4, -0.2) is 55.5 Å². The number of sulfonamides is 1. The SMILES string of the molecule is O=[N+]([O-])c1cc(S(=O)(=O)N2CCCCCC2)ccc1N1CCCC(CO)C1. The van der Waals surface area contributed by atoms with Crippen LogP contribution in [0.15, 0.2) is 23.1 Å². The minimum Gasteiger partial charge on any atom is -0.396 e. The number of piperidine rings is 1. The van der Waals surface area contributed by atoms with E-state index in [4.69, 9.17) is 0 Å². The van der Waals surface area contributed by atoms with Gasteiger partial charge in [-0.15, -0.1) is 0 Å². The molecule has 0 aromatic heterocycles. The normalized spacial score (nSPS) is 22.4. The lowest BCUT2D eigenvalue weighted by molar-refractivity contribution is -0.384. The second-order valence-electron chi connectivity index (χ2n) is 7.36. The number of hydrogen-bond donors (Lipinski definition) is 1. The molecule has 2 fully saturated rings. The number of aliphatic hydroxyl groups excluding tert-OH is 1. The molecule has 9 heteroatoms. The second-order valence-corrected chi connectivity index (χ2v) is 9.30. The molecule has 0 bridgehead atoms. The second kappa shape index (κ2) is 8.53. The summed E-state index contributed by atoms with van der Waals surface area (Å²) in [6, 6.07) is 4.21. The Morgan fingerprint density at radius 2 is 1.81 bits per heavy atom. The molecule has 0 saturated carbocycles. The number of benzene rings is 1. The summed E-state index contributed by atoms with van der Waals surface area (Å²) in [5, 5.41) is 21.1. The molecule has 1 atom stereocenters. The van der Waals surface area contributed by atoms with E-state index in [1.54, 1.807) is 6.07 Å². The van der Waals surface area contributed by atoms with E-state index < -0.39 is 14.9 Å². The zero-order chi connectivity index (χ0) is 19.4. The molecule has 0 amide bonds. The van der Waals surface area contributed by atoms with Crippen molar-refractivity contribution >= 4 is 21.4 Å². The molecule has 2 saturated heterocycles. The van der Waals surface area contributed by atoms with Gasteiger partial charge < -0.3 is 10.0 Å². The number of aliphatic hydroxyl groups is 1. The van der Waals surface area contributed by atoms with Crippen molar-refractivity contribution in [3.63, 3.8) is 0 Å². The highest BCUT2D eigenvalue weighted by Gasteiger charge is 2.30. The van der Waals surface area contributed by atoms with Gasteiger partial charge in [0.25, 0.3) is 5.69 Å². The molecule has 0 spiro atoms. The summed E-state index contributed by atoms with van der Waals surface area (Å²) in [5.74, 6) is 0.0823. The first-order valence-corrected chi connectivity index (χ1v) is 11.0. The molecular weight excluding hydrogens is 370 g/mol. The van der Waals surface area contributed by atoms with Crippen molar-refractivity contribution in [2.24, 2.45) is 5.92 Å². The van der Waals surface area contributed by atoms with E-state index >= 15 is 0 Å². The molecular formula is C18H27N3O5S. The van der Waals surface area contributed by atoms with Crippen molar-refractivity contribution in [1.29, 1.82) is 0 Å². The van der Waals surface area contributed by atoms with Gasteiger partial charge in [0.15, 0.2) is 0 Å². The summed E-state index contributed by atoms with van der Waals surface area (Å²) in [5.41, 5.74) is 0.234. The third-order valence-corrected chi connectivity index (χ3v) is 7.36. The summed E-state index contributed by atoms with van der Waals surface area (Å²) in [6.45, 7) is 2.17. The topological polar surface area (TPSA) is 104 Å². The van der Waals surface area contributed by atoms with E-state index in [-0.39, 0.29) is 23.1 Å². The Kier molecular flexibility index (Phi) is 6.33. The number of rotatable bonds is 5. The Morgan fingerprint density at radius 1 is 1.11 bits per heavy atom. The van der Waals surface area contributed by atoms with Crippen molar-refractivity contribution in [3.05, 3.63) is 28.3 Å². The Balaban J connectivity index is 1.92. The Morgan fingerprint density at radius 3 is 2.44 bits per heavy atom. The van der Waals surface area contributed by atoms with Crippen LogP contribution in [0.2, 0.25) is 0 Å². The first kappa shape index (κ1) is 20.0. The van der Waals surface area contributed by atoms with E-state index in [0.29, 0.717) is 31.9 Å². The smallest absolute Gasteiger partial charge is 0.293 e. The van der Waals surface area contributed by atoms with Crippen LogP contribution < -0.4 is 4.90 Å². The van der Waals surface area contributed by atoms with Crippen LogP contribution in [0, 0.1) is 16.0 Å². The average Bonchev–Trinajstić information content (AvgIpc) is 2.97. The Hall–Kier alpha value is -1.71. The van der Waals surface area contributed by atoms with Crippen LogP contribution in [0.3, 0.4) is 0 Å². The maximum atomic E-state index is 13.0. The molecule has 1 N–H and O–H groups in total. The molecule has 27 heavy (non-hydrogen) atoms. The van der Waals surface area contributed by atoms with Gasteiger partial charge in [-0.1, -0.05) is 12.8 Å². The Labute approximate surface area is 160 Å². The third kappa shape index (κ3) is 4.41. The molecule has 0 aliphatic carbocycles. The minimum atomic E-state index is -3.73. The quantitative estimate of drug-likeness (QED) is 0.604. The van der Waals surface area contributed by atoms with Gasteiger partial charge >= 0.3 is 0 Å². The van der Waals surface area contributed by atoms with Gasteiger partial charge in [0, 0.05) is 38.9 Å². The van der Waals surface area contributed by atoms with E-state index in [9.17, 15) is 23.6 Å². The summed E-state index contributed by atoms with van der Waals surface area (Å²) >= 11 is 0. The number of hydrogen-bond acceptors (Lipinski definition) is 6. The molecule has 150 valence electrons. The number of nitro groups is 1. The molecule has 2 aliphatic heterocycles. The van der Waals surface area contributed by atoms with Crippen LogP contribution in [0.5, 0.6) is 0 Å².